The first-order chi connectivity index (χ1) is 14.6. The topological polar surface area (TPSA) is 96.2 Å². The van der Waals surface area contributed by atoms with E-state index in [-0.39, 0.29) is 12.0 Å². The molecule has 0 spiro atoms. The van der Waals surface area contributed by atoms with Crippen molar-refractivity contribution in [2.45, 2.75) is 39.0 Å². The number of benzene rings is 1. The molecule has 1 fully saturated rings. The quantitative estimate of drug-likeness (QED) is 0.652. The van der Waals surface area contributed by atoms with Crippen molar-refractivity contribution in [1.29, 1.82) is 0 Å². The molecule has 2 aromatic heterocycles. The number of aliphatic hydroxyl groups excluding tert-OH is 1. The van der Waals surface area contributed by atoms with Crippen LogP contribution in [0, 0.1) is 0 Å². The second kappa shape index (κ2) is 9.04. The molecule has 8 heteroatoms. The molecule has 3 aromatic rings. The van der Waals surface area contributed by atoms with Crippen molar-refractivity contribution in [2.24, 2.45) is 0 Å². The maximum Gasteiger partial charge on any atom is 0.251 e. The zero-order chi connectivity index (χ0) is 20.9. The van der Waals surface area contributed by atoms with Crippen molar-refractivity contribution >= 4 is 11.7 Å². The van der Waals surface area contributed by atoms with Crippen molar-refractivity contribution in [3.05, 3.63) is 60.3 Å². The van der Waals surface area contributed by atoms with Crippen LogP contribution in [-0.2, 0) is 13.1 Å². The molecule has 8 nitrogen and oxygen atoms in total. The highest BCUT2D eigenvalue weighted by Crippen LogP contribution is 2.22. The minimum atomic E-state index is -0.228. The van der Waals surface area contributed by atoms with E-state index in [4.69, 9.17) is 4.98 Å². The number of rotatable bonds is 6. The molecule has 1 saturated heterocycles. The van der Waals surface area contributed by atoms with Crippen LogP contribution >= 0.6 is 0 Å². The van der Waals surface area contributed by atoms with E-state index in [0.717, 1.165) is 49.6 Å². The van der Waals surface area contributed by atoms with Gasteiger partial charge in [0, 0.05) is 43.2 Å². The lowest BCUT2D eigenvalue weighted by molar-refractivity contribution is 0.0950. The van der Waals surface area contributed by atoms with Gasteiger partial charge in [-0.25, -0.2) is 15.0 Å². The second-order valence-corrected chi connectivity index (χ2v) is 7.39. The Labute approximate surface area is 175 Å². The van der Waals surface area contributed by atoms with Gasteiger partial charge in [-0.2, -0.15) is 0 Å². The van der Waals surface area contributed by atoms with Crippen LogP contribution in [0.15, 0.2) is 49.1 Å². The number of amides is 1. The Morgan fingerprint density at radius 3 is 2.90 bits per heavy atom. The summed E-state index contributed by atoms with van der Waals surface area (Å²) in [5.74, 6) is 1.27. The number of piperidine rings is 1. The van der Waals surface area contributed by atoms with Crippen molar-refractivity contribution in [1.82, 2.24) is 24.8 Å². The fourth-order valence-electron chi connectivity index (χ4n) is 3.61. The fraction of sp³-hybridized carbons (Fsp3) is 0.364. The van der Waals surface area contributed by atoms with Gasteiger partial charge in [0.25, 0.3) is 5.91 Å². The predicted molar refractivity (Wildman–Crippen MR) is 114 cm³/mol. The molecule has 0 atom stereocenters. The molecular formula is C22H26N6O2. The molecule has 0 unspecified atom stereocenters. The number of hydrogen-bond donors (Lipinski definition) is 2. The average molecular weight is 406 g/mol. The first-order valence-electron chi connectivity index (χ1n) is 10.3. The molecule has 0 saturated carbocycles. The second-order valence-electron chi connectivity index (χ2n) is 7.39. The summed E-state index contributed by atoms with van der Waals surface area (Å²) >= 11 is 0. The number of imidazole rings is 1. The predicted octanol–water partition coefficient (Wildman–Crippen LogP) is 2.25. The number of aromatic nitrogens is 4. The van der Waals surface area contributed by atoms with E-state index in [0.29, 0.717) is 17.9 Å². The Morgan fingerprint density at radius 2 is 2.10 bits per heavy atom. The van der Waals surface area contributed by atoms with Gasteiger partial charge in [-0.3, -0.25) is 4.79 Å². The van der Waals surface area contributed by atoms with E-state index in [9.17, 15) is 9.90 Å². The van der Waals surface area contributed by atoms with E-state index in [1.54, 1.807) is 24.8 Å². The summed E-state index contributed by atoms with van der Waals surface area (Å²) in [5, 5.41) is 12.7. The normalized spacial score (nSPS) is 14.7. The Bertz CT molecular complexity index is 1010. The zero-order valence-corrected chi connectivity index (χ0v) is 17.0. The summed E-state index contributed by atoms with van der Waals surface area (Å²) < 4.78 is 2.00. The smallest absolute Gasteiger partial charge is 0.251 e. The van der Waals surface area contributed by atoms with Crippen molar-refractivity contribution in [2.75, 3.05) is 18.0 Å². The minimum absolute atomic E-state index is 0.151. The monoisotopic (exact) mass is 406 g/mol. The highest BCUT2D eigenvalue weighted by Gasteiger charge is 2.19. The van der Waals surface area contributed by atoms with Crippen LogP contribution < -0.4 is 10.2 Å². The standard InChI is InChI=1S/C22H26N6O2/c1-2-27-15-23-13-18(27)14-25-22(30)17-5-3-4-16(12-17)21-24-9-6-20(26-21)28-10-7-19(29)8-11-28/h3-6,9,12-13,15,19,29H,2,7-8,10-11,14H2,1H3,(H,25,30). The first-order valence-corrected chi connectivity index (χ1v) is 10.3. The molecule has 30 heavy (non-hydrogen) atoms. The van der Waals surface area contributed by atoms with E-state index < -0.39 is 0 Å². The van der Waals surface area contributed by atoms with Gasteiger partial charge >= 0.3 is 0 Å². The van der Waals surface area contributed by atoms with Gasteiger partial charge < -0.3 is 19.9 Å². The van der Waals surface area contributed by atoms with Crippen molar-refractivity contribution in [3.8, 4) is 11.4 Å². The lowest BCUT2D eigenvalue weighted by Gasteiger charge is -2.30. The van der Waals surface area contributed by atoms with Crippen LogP contribution in [0.25, 0.3) is 11.4 Å². The molecular weight excluding hydrogens is 380 g/mol. The molecule has 4 rings (SSSR count). The summed E-state index contributed by atoms with van der Waals surface area (Å²) in [6, 6.07) is 9.22. The van der Waals surface area contributed by atoms with Gasteiger partial charge in [0.15, 0.2) is 5.82 Å². The summed E-state index contributed by atoms with van der Waals surface area (Å²) in [4.78, 5) is 28.0. The van der Waals surface area contributed by atoms with Gasteiger partial charge in [-0.05, 0) is 38.0 Å². The van der Waals surface area contributed by atoms with Gasteiger partial charge in [0.1, 0.15) is 5.82 Å². The number of nitrogens with zero attached hydrogens (tertiary/aromatic N) is 5. The summed E-state index contributed by atoms with van der Waals surface area (Å²) in [7, 11) is 0. The van der Waals surface area contributed by atoms with E-state index >= 15 is 0 Å². The highest BCUT2D eigenvalue weighted by molar-refractivity contribution is 5.95. The van der Waals surface area contributed by atoms with E-state index in [1.165, 1.54) is 0 Å². The third-order valence-corrected chi connectivity index (χ3v) is 5.38. The number of carbonyl (C=O) groups is 1. The van der Waals surface area contributed by atoms with E-state index in [2.05, 4.69) is 20.2 Å². The molecule has 0 bridgehead atoms. The van der Waals surface area contributed by atoms with Crippen LogP contribution in [-0.4, -0.2) is 49.7 Å². The molecule has 1 aliphatic rings. The number of carbonyl (C=O) groups excluding carboxylic acids is 1. The Hall–Kier alpha value is -3.26. The Kier molecular flexibility index (Phi) is 6.04. The maximum absolute atomic E-state index is 12.7. The van der Waals surface area contributed by atoms with Gasteiger partial charge in [-0.15, -0.1) is 0 Å². The molecule has 0 aliphatic carbocycles. The molecule has 3 heterocycles. The van der Waals surface area contributed by atoms with Crippen LogP contribution in [0.3, 0.4) is 0 Å². The molecule has 1 amide bonds. The third-order valence-electron chi connectivity index (χ3n) is 5.38. The molecule has 1 aliphatic heterocycles. The van der Waals surface area contributed by atoms with Crippen molar-refractivity contribution < 1.29 is 9.90 Å². The van der Waals surface area contributed by atoms with Crippen LogP contribution in [0.2, 0.25) is 0 Å². The molecule has 156 valence electrons. The Morgan fingerprint density at radius 1 is 1.27 bits per heavy atom. The maximum atomic E-state index is 12.7. The van der Waals surface area contributed by atoms with Crippen LogP contribution in [0.1, 0.15) is 35.8 Å². The summed E-state index contributed by atoms with van der Waals surface area (Å²) in [6.45, 7) is 4.81. The van der Waals surface area contributed by atoms with Crippen LogP contribution in [0.4, 0.5) is 5.82 Å². The van der Waals surface area contributed by atoms with Crippen molar-refractivity contribution in [3.63, 3.8) is 0 Å². The Balaban J connectivity index is 1.48. The summed E-state index contributed by atoms with van der Waals surface area (Å²) in [6.07, 6.45) is 6.52. The third kappa shape index (κ3) is 4.49. The fourth-order valence-corrected chi connectivity index (χ4v) is 3.61. The first kappa shape index (κ1) is 20.0. The number of nitrogens with one attached hydrogen (secondary N) is 1. The van der Waals surface area contributed by atoms with Gasteiger partial charge in [0.2, 0.25) is 0 Å². The lowest BCUT2D eigenvalue weighted by Crippen LogP contribution is -2.36. The number of aliphatic hydroxyl groups is 1. The van der Waals surface area contributed by atoms with Gasteiger partial charge in [0.05, 0.1) is 24.7 Å². The number of anilines is 1. The largest absolute Gasteiger partial charge is 0.393 e. The minimum Gasteiger partial charge on any atom is -0.393 e. The summed E-state index contributed by atoms with van der Waals surface area (Å²) in [5.41, 5.74) is 2.31. The molecule has 2 N–H and O–H groups in total. The highest BCUT2D eigenvalue weighted by atomic mass is 16.3. The van der Waals surface area contributed by atoms with E-state index in [1.807, 2.05) is 35.8 Å². The number of aryl methyl sites for hydroxylation is 1. The average Bonchev–Trinajstić information content (AvgIpc) is 3.26. The lowest BCUT2D eigenvalue weighted by atomic mass is 10.1. The molecule has 0 radical (unpaired) electrons. The van der Waals surface area contributed by atoms with Gasteiger partial charge in [-0.1, -0.05) is 12.1 Å². The van der Waals surface area contributed by atoms with Crippen LogP contribution in [0.5, 0.6) is 0 Å². The molecule has 1 aromatic carbocycles. The SMILES string of the molecule is CCn1cncc1CNC(=O)c1cccc(-c2nccc(N3CCC(O)CC3)n2)c1. The number of hydrogen-bond acceptors (Lipinski definition) is 6. The zero-order valence-electron chi connectivity index (χ0n) is 17.0.